The van der Waals surface area contributed by atoms with Crippen molar-refractivity contribution in [2.75, 3.05) is 0 Å². The van der Waals surface area contributed by atoms with Crippen LogP contribution in [0.1, 0.15) is 42.1 Å². The van der Waals surface area contributed by atoms with Crippen LogP contribution in [0.5, 0.6) is 0 Å². The molecule has 0 radical (unpaired) electrons. The van der Waals surface area contributed by atoms with Crippen LogP contribution in [0, 0.1) is 0 Å². The van der Waals surface area contributed by atoms with Gasteiger partial charge in [0.2, 0.25) is 0 Å². The zero-order chi connectivity index (χ0) is 13.8. The number of carbonyl (C=O) groups is 1. The van der Waals surface area contributed by atoms with E-state index in [1.807, 2.05) is 6.92 Å². The maximum Gasteiger partial charge on any atom is 0.416 e. The molecule has 0 aliphatic rings. The molecule has 0 unspecified atom stereocenters. The molecular formula is C14H15F3O. The average molecular weight is 256 g/mol. The third-order valence-electron chi connectivity index (χ3n) is 2.61. The Bertz CT molecular complexity index is 447. The highest BCUT2D eigenvalue weighted by atomic mass is 19.4. The van der Waals surface area contributed by atoms with E-state index in [0.29, 0.717) is 12.0 Å². The highest BCUT2D eigenvalue weighted by molar-refractivity contribution is 6.08. The van der Waals surface area contributed by atoms with Crippen LogP contribution >= 0.6 is 0 Å². The summed E-state index contributed by atoms with van der Waals surface area (Å²) in [5.74, 6) is -0.408. The number of hydrogen-bond donors (Lipinski definition) is 0. The molecule has 0 spiro atoms. The highest BCUT2D eigenvalue weighted by Gasteiger charge is 2.30. The standard InChI is InChI=1S/C14H15F3O/c1-3-4-6-10(2)13(18)11-7-5-8-12(9-11)14(15,16)17/h5,7-9H,2-4,6H2,1H3. The van der Waals surface area contributed by atoms with Gasteiger partial charge in [-0.2, -0.15) is 13.2 Å². The molecule has 0 bridgehead atoms. The van der Waals surface area contributed by atoms with Gasteiger partial charge in [0.25, 0.3) is 0 Å². The quantitative estimate of drug-likeness (QED) is 0.554. The van der Waals surface area contributed by atoms with Gasteiger partial charge in [0.05, 0.1) is 5.56 Å². The predicted molar refractivity (Wildman–Crippen MR) is 64.4 cm³/mol. The SMILES string of the molecule is C=C(CCCC)C(=O)c1cccc(C(F)(F)F)c1. The second kappa shape index (κ2) is 5.85. The summed E-state index contributed by atoms with van der Waals surface area (Å²) in [6.45, 7) is 5.60. The Morgan fingerprint density at radius 1 is 1.33 bits per heavy atom. The minimum absolute atomic E-state index is 0.0472. The van der Waals surface area contributed by atoms with Gasteiger partial charge in [-0.25, -0.2) is 0 Å². The van der Waals surface area contributed by atoms with Gasteiger partial charge in [-0.15, -0.1) is 0 Å². The first-order chi connectivity index (χ1) is 8.36. The van der Waals surface area contributed by atoms with Crippen molar-refractivity contribution in [2.24, 2.45) is 0 Å². The Labute approximate surface area is 104 Å². The molecule has 98 valence electrons. The zero-order valence-corrected chi connectivity index (χ0v) is 10.2. The Balaban J connectivity index is 2.90. The Hall–Kier alpha value is -1.58. The highest BCUT2D eigenvalue weighted by Crippen LogP contribution is 2.30. The maximum atomic E-state index is 12.5. The van der Waals surface area contributed by atoms with Crippen molar-refractivity contribution in [1.29, 1.82) is 0 Å². The molecule has 0 aliphatic heterocycles. The lowest BCUT2D eigenvalue weighted by Gasteiger charge is -2.09. The van der Waals surface area contributed by atoms with Gasteiger partial charge in [0.1, 0.15) is 0 Å². The van der Waals surface area contributed by atoms with Gasteiger partial charge in [-0.1, -0.05) is 32.1 Å². The van der Waals surface area contributed by atoms with Crippen molar-refractivity contribution >= 4 is 5.78 Å². The Morgan fingerprint density at radius 2 is 2.00 bits per heavy atom. The van der Waals surface area contributed by atoms with Crippen molar-refractivity contribution in [3.05, 3.63) is 47.5 Å². The first-order valence-corrected chi connectivity index (χ1v) is 5.76. The monoisotopic (exact) mass is 256 g/mol. The number of hydrogen-bond acceptors (Lipinski definition) is 1. The van der Waals surface area contributed by atoms with Crippen LogP contribution in [0.2, 0.25) is 0 Å². The number of halogens is 3. The molecule has 0 amide bonds. The Kier molecular flexibility index (Phi) is 4.70. The molecule has 0 saturated heterocycles. The van der Waals surface area contributed by atoms with E-state index in [1.165, 1.54) is 12.1 Å². The fourth-order valence-corrected chi connectivity index (χ4v) is 1.54. The number of ketones is 1. The van der Waals surface area contributed by atoms with Crippen molar-refractivity contribution in [3.8, 4) is 0 Å². The molecule has 0 saturated carbocycles. The molecule has 4 heteroatoms. The molecule has 0 aliphatic carbocycles. The van der Waals surface area contributed by atoms with Crippen molar-refractivity contribution in [3.63, 3.8) is 0 Å². The summed E-state index contributed by atoms with van der Waals surface area (Å²) in [6, 6.07) is 4.45. The van der Waals surface area contributed by atoms with Gasteiger partial charge < -0.3 is 0 Å². The van der Waals surface area contributed by atoms with E-state index < -0.39 is 17.5 Å². The summed E-state index contributed by atoms with van der Waals surface area (Å²) in [4.78, 5) is 11.9. The number of Topliss-reactive ketones (excluding diaryl/α,β-unsaturated/α-hetero) is 1. The lowest BCUT2D eigenvalue weighted by molar-refractivity contribution is -0.137. The molecule has 1 aromatic carbocycles. The van der Waals surface area contributed by atoms with E-state index in [-0.39, 0.29) is 5.56 Å². The van der Waals surface area contributed by atoms with Gasteiger partial charge >= 0.3 is 6.18 Å². The molecular weight excluding hydrogens is 241 g/mol. The smallest absolute Gasteiger partial charge is 0.289 e. The summed E-state index contributed by atoms with van der Waals surface area (Å²) in [5, 5.41) is 0. The van der Waals surface area contributed by atoms with Gasteiger partial charge in [-0.3, -0.25) is 4.79 Å². The van der Waals surface area contributed by atoms with Crippen LogP contribution in [0.3, 0.4) is 0 Å². The summed E-state index contributed by atoms with van der Waals surface area (Å²) in [6.07, 6.45) is -2.19. The van der Waals surface area contributed by atoms with Gasteiger partial charge in [0, 0.05) is 5.56 Å². The Morgan fingerprint density at radius 3 is 2.56 bits per heavy atom. The second-order valence-corrected chi connectivity index (χ2v) is 4.11. The third kappa shape index (κ3) is 3.72. The predicted octanol–water partition coefficient (Wildman–Crippen LogP) is 4.63. The normalized spacial score (nSPS) is 11.3. The van der Waals surface area contributed by atoms with E-state index >= 15 is 0 Å². The van der Waals surface area contributed by atoms with E-state index in [9.17, 15) is 18.0 Å². The number of benzene rings is 1. The zero-order valence-electron chi connectivity index (χ0n) is 10.2. The maximum absolute atomic E-state index is 12.5. The molecule has 1 nitrogen and oxygen atoms in total. The number of rotatable bonds is 5. The molecule has 0 aromatic heterocycles. The van der Waals surface area contributed by atoms with E-state index in [1.54, 1.807) is 0 Å². The van der Waals surface area contributed by atoms with Crippen LogP contribution in [-0.4, -0.2) is 5.78 Å². The van der Waals surface area contributed by atoms with Crippen LogP contribution in [0.15, 0.2) is 36.4 Å². The molecule has 18 heavy (non-hydrogen) atoms. The number of unbranched alkanes of at least 4 members (excludes halogenated alkanes) is 1. The first-order valence-electron chi connectivity index (χ1n) is 5.76. The van der Waals surface area contributed by atoms with E-state index in [4.69, 9.17) is 0 Å². The lowest BCUT2D eigenvalue weighted by Crippen LogP contribution is -2.08. The first kappa shape index (κ1) is 14.5. The number of alkyl halides is 3. The fraction of sp³-hybridized carbons (Fsp3) is 0.357. The molecule has 1 aromatic rings. The third-order valence-corrected chi connectivity index (χ3v) is 2.61. The van der Waals surface area contributed by atoms with Gasteiger partial charge in [-0.05, 0) is 30.5 Å². The summed E-state index contributed by atoms with van der Waals surface area (Å²) < 4.78 is 37.5. The van der Waals surface area contributed by atoms with Crippen LogP contribution in [0.25, 0.3) is 0 Å². The number of allylic oxidation sites excluding steroid dienone is 1. The number of carbonyl (C=O) groups excluding carboxylic acids is 1. The fourth-order valence-electron chi connectivity index (χ4n) is 1.54. The van der Waals surface area contributed by atoms with Crippen LogP contribution in [0.4, 0.5) is 13.2 Å². The van der Waals surface area contributed by atoms with Crippen LogP contribution in [-0.2, 0) is 6.18 Å². The summed E-state index contributed by atoms with van der Waals surface area (Å²) in [7, 11) is 0. The van der Waals surface area contributed by atoms with Crippen molar-refractivity contribution in [1.82, 2.24) is 0 Å². The largest absolute Gasteiger partial charge is 0.416 e. The molecule has 0 N–H and O–H groups in total. The topological polar surface area (TPSA) is 17.1 Å². The molecule has 1 rings (SSSR count). The van der Waals surface area contributed by atoms with Crippen molar-refractivity contribution in [2.45, 2.75) is 32.4 Å². The summed E-state index contributed by atoms with van der Waals surface area (Å²) >= 11 is 0. The molecule has 0 heterocycles. The minimum Gasteiger partial charge on any atom is -0.289 e. The second-order valence-electron chi connectivity index (χ2n) is 4.11. The lowest BCUT2D eigenvalue weighted by atomic mass is 9.99. The van der Waals surface area contributed by atoms with Crippen LogP contribution < -0.4 is 0 Å². The average Bonchev–Trinajstić information content (AvgIpc) is 2.34. The minimum atomic E-state index is -4.43. The molecule has 0 fully saturated rings. The van der Waals surface area contributed by atoms with Gasteiger partial charge in [0.15, 0.2) is 5.78 Å². The molecule has 0 atom stereocenters. The van der Waals surface area contributed by atoms with E-state index in [2.05, 4.69) is 6.58 Å². The van der Waals surface area contributed by atoms with Crippen molar-refractivity contribution < 1.29 is 18.0 Å². The summed E-state index contributed by atoms with van der Waals surface area (Å²) in [5.41, 5.74) is -0.404. The van der Waals surface area contributed by atoms with E-state index in [0.717, 1.165) is 25.0 Å².